The molecule has 80 valence electrons. The highest BCUT2D eigenvalue weighted by molar-refractivity contribution is 7.87. The Labute approximate surface area is 78.2 Å². The fourth-order valence-corrected chi connectivity index (χ4v) is 1.24. The second-order valence-corrected chi connectivity index (χ2v) is 3.73. The molecule has 0 aromatic heterocycles. The predicted octanol–water partition coefficient (Wildman–Crippen LogP) is -1.58. The van der Waals surface area contributed by atoms with Crippen molar-refractivity contribution in [2.45, 2.75) is 11.7 Å². The van der Waals surface area contributed by atoms with Crippen molar-refractivity contribution in [2.24, 2.45) is 0 Å². The van der Waals surface area contributed by atoms with E-state index in [0.717, 1.165) is 0 Å². The van der Waals surface area contributed by atoms with Crippen molar-refractivity contribution in [2.75, 3.05) is 0 Å². The average molecular weight is 226 g/mol. The van der Waals surface area contributed by atoms with E-state index in [9.17, 15) is 22.8 Å². The predicted molar refractivity (Wildman–Crippen MR) is 39.7 cm³/mol. The normalized spacial score (nSPS) is 12.9. The number of hydrogen-bond acceptors (Lipinski definition) is 6. The molecule has 0 aromatic rings. The third-order valence-electron chi connectivity index (χ3n) is 1.15. The van der Waals surface area contributed by atoms with Crippen LogP contribution in [-0.4, -0.2) is 41.7 Å². The Morgan fingerprint density at radius 1 is 1.43 bits per heavy atom. The lowest BCUT2D eigenvalue weighted by Crippen LogP contribution is -2.33. The maximum absolute atomic E-state index is 10.7. The van der Waals surface area contributed by atoms with E-state index in [2.05, 4.69) is 4.74 Å². The maximum Gasteiger partial charge on any atom is 0.334 e. The lowest BCUT2D eigenvalue weighted by atomic mass is 10.3. The lowest BCUT2D eigenvalue weighted by Gasteiger charge is -2.07. The number of carbonyl (C=O) groups is 3. The Morgan fingerprint density at radius 3 is 2.21 bits per heavy atom. The van der Waals surface area contributed by atoms with Crippen LogP contribution in [0, 0.1) is 0 Å². The van der Waals surface area contributed by atoms with Gasteiger partial charge in [0.25, 0.3) is 10.1 Å². The highest BCUT2D eigenvalue weighted by atomic mass is 32.2. The van der Waals surface area contributed by atoms with Gasteiger partial charge >= 0.3 is 18.4 Å². The van der Waals surface area contributed by atoms with Crippen molar-refractivity contribution in [1.82, 2.24) is 0 Å². The molecule has 0 radical (unpaired) electrons. The zero-order chi connectivity index (χ0) is 11.4. The molecule has 0 fully saturated rings. The van der Waals surface area contributed by atoms with Gasteiger partial charge in [-0.25, -0.2) is 0 Å². The molecule has 0 heterocycles. The molecular formula is C5H6O8S. The van der Waals surface area contributed by atoms with Gasteiger partial charge in [0.2, 0.25) is 0 Å². The number of aliphatic carboxylic acids is 1. The van der Waals surface area contributed by atoms with Crippen LogP contribution in [0.1, 0.15) is 6.42 Å². The van der Waals surface area contributed by atoms with Crippen LogP contribution in [0.15, 0.2) is 0 Å². The summed E-state index contributed by atoms with van der Waals surface area (Å²) in [6, 6.07) is 0. The van der Waals surface area contributed by atoms with Crippen LogP contribution < -0.4 is 0 Å². The number of carboxylic acid groups (broad SMARTS) is 1. The SMILES string of the molecule is O=COC(=O)C(CC(=O)O)S(=O)(=O)O. The molecule has 1 unspecified atom stereocenters. The second-order valence-electron chi connectivity index (χ2n) is 2.13. The first-order chi connectivity index (χ1) is 6.29. The van der Waals surface area contributed by atoms with Gasteiger partial charge in [0, 0.05) is 0 Å². The molecule has 0 bridgehead atoms. The number of hydrogen-bond donors (Lipinski definition) is 2. The van der Waals surface area contributed by atoms with E-state index in [1.807, 2.05) is 0 Å². The van der Waals surface area contributed by atoms with Crippen LogP contribution in [0.4, 0.5) is 0 Å². The Morgan fingerprint density at radius 2 is 1.93 bits per heavy atom. The zero-order valence-electron chi connectivity index (χ0n) is 6.61. The molecule has 0 aliphatic rings. The molecule has 0 amide bonds. The molecule has 0 aliphatic carbocycles. The number of carbonyl (C=O) groups excluding carboxylic acids is 2. The molecule has 8 nitrogen and oxygen atoms in total. The number of ether oxygens (including phenoxy) is 1. The van der Waals surface area contributed by atoms with Crippen molar-refractivity contribution in [1.29, 1.82) is 0 Å². The van der Waals surface area contributed by atoms with Gasteiger partial charge in [-0.1, -0.05) is 0 Å². The molecule has 0 aliphatic heterocycles. The average Bonchev–Trinajstić information content (AvgIpc) is 1.98. The third-order valence-corrected chi connectivity index (χ3v) is 2.22. The van der Waals surface area contributed by atoms with Gasteiger partial charge in [0.15, 0.2) is 5.25 Å². The number of esters is 1. The van der Waals surface area contributed by atoms with E-state index < -0.39 is 33.7 Å². The first-order valence-electron chi connectivity index (χ1n) is 3.11. The van der Waals surface area contributed by atoms with E-state index in [4.69, 9.17) is 9.66 Å². The fraction of sp³-hybridized carbons (Fsp3) is 0.400. The van der Waals surface area contributed by atoms with Gasteiger partial charge < -0.3 is 9.84 Å². The summed E-state index contributed by atoms with van der Waals surface area (Å²) in [5.74, 6) is -3.26. The van der Waals surface area contributed by atoms with Crippen molar-refractivity contribution < 1.29 is 37.2 Å². The third kappa shape index (κ3) is 3.96. The van der Waals surface area contributed by atoms with Crippen LogP contribution in [0.5, 0.6) is 0 Å². The van der Waals surface area contributed by atoms with Gasteiger partial charge in [-0.3, -0.25) is 18.9 Å². The van der Waals surface area contributed by atoms with Gasteiger partial charge in [0.1, 0.15) is 0 Å². The van der Waals surface area contributed by atoms with Crippen molar-refractivity contribution >= 4 is 28.5 Å². The highest BCUT2D eigenvalue weighted by Gasteiger charge is 2.34. The van der Waals surface area contributed by atoms with Crippen LogP contribution in [0.3, 0.4) is 0 Å². The first-order valence-corrected chi connectivity index (χ1v) is 4.61. The summed E-state index contributed by atoms with van der Waals surface area (Å²) in [4.78, 5) is 30.4. The van der Waals surface area contributed by atoms with E-state index in [1.54, 1.807) is 0 Å². The van der Waals surface area contributed by atoms with E-state index >= 15 is 0 Å². The van der Waals surface area contributed by atoms with Gasteiger partial charge in [-0.15, -0.1) is 0 Å². The molecule has 2 N–H and O–H groups in total. The molecule has 0 spiro atoms. The molecule has 9 heteroatoms. The van der Waals surface area contributed by atoms with Crippen LogP contribution in [0.25, 0.3) is 0 Å². The Hall–Kier alpha value is -1.48. The highest BCUT2D eigenvalue weighted by Crippen LogP contribution is 2.06. The van der Waals surface area contributed by atoms with Gasteiger partial charge in [-0.05, 0) is 0 Å². The number of carboxylic acids is 1. The molecule has 0 saturated carbocycles. The minimum atomic E-state index is -4.90. The van der Waals surface area contributed by atoms with Gasteiger partial charge in [0.05, 0.1) is 6.42 Å². The topological polar surface area (TPSA) is 135 Å². The smallest absolute Gasteiger partial charge is 0.334 e. The molecular weight excluding hydrogens is 220 g/mol. The summed E-state index contributed by atoms with van der Waals surface area (Å²) in [5, 5.41) is 5.91. The molecule has 0 aromatic carbocycles. The Kier molecular flexibility index (Phi) is 4.18. The molecule has 14 heavy (non-hydrogen) atoms. The fourth-order valence-electron chi connectivity index (χ4n) is 0.592. The Balaban J connectivity index is 4.82. The summed E-state index contributed by atoms with van der Waals surface area (Å²) in [5.41, 5.74) is 0. The van der Waals surface area contributed by atoms with E-state index in [-0.39, 0.29) is 6.47 Å². The maximum atomic E-state index is 10.7. The minimum Gasteiger partial charge on any atom is -0.481 e. The van der Waals surface area contributed by atoms with Crippen LogP contribution in [-0.2, 0) is 29.2 Å². The second kappa shape index (κ2) is 4.67. The minimum absolute atomic E-state index is 0.359. The summed E-state index contributed by atoms with van der Waals surface area (Å²) in [7, 11) is -4.90. The summed E-state index contributed by atoms with van der Waals surface area (Å²) in [6.45, 7) is -0.359. The van der Waals surface area contributed by atoms with E-state index in [1.165, 1.54) is 0 Å². The standard InChI is InChI=1S/C5H6O8S/c6-2-13-5(9)3(1-4(7)8)14(10,11)12/h2-3H,1H2,(H,7,8)(H,10,11,12). The molecule has 1 atom stereocenters. The largest absolute Gasteiger partial charge is 0.481 e. The van der Waals surface area contributed by atoms with Crippen LogP contribution >= 0.6 is 0 Å². The molecule has 0 rings (SSSR count). The molecule has 0 saturated heterocycles. The summed E-state index contributed by atoms with van der Waals surface area (Å²) < 4.78 is 32.9. The van der Waals surface area contributed by atoms with Crippen molar-refractivity contribution in [3.63, 3.8) is 0 Å². The summed E-state index contributed by atoms with van der Waals surface area (Å²) >= 11 is 0. The monoisotopic (exact) mass is 226 g/mol. The Bertz CT molecular complexity index is 341. The van der Waals surface area contributed by atoms with Crippen molar-refractivity contribution in [3.8, 4) is 0 Å². The first kappa shape index (κ1) is 12.5. The quantitative estimate of drug-likeness (QED) is 0.248. The lowest BCUT2D eigenvalue weighted by molar-refractivity contribution is -0.153. The van der Waals surface area contributed by atoms with Gasteiger partial charge in [-0.2, -0.15) is 8.42 Å². The van der Waals surface area contributed by atoms with Crippen LogP contribution in [0.2, 0.25) is 0 Å². The van der Waals surface area contributed by atoms with Crippen molar-refractivity contribution in [3.05, 3.63) is 0 Å². The summed E-state index contributed by atoms with van der Waals surface area (Å²) in [6.07, 6.45) is -1.18. The number of rotatable bonds is 5. The van der Waals surface area contributed by atoms with E-state index in [0.29, 0.717) is 0 Å². The zero-order valence-corrected chi connectivity index (χ0v) is 7.43.